The van der Waals surface area contributed by atoms with E-state index in [9.17, 15) is 0 Å². The first-order chi connectivity index (χ1) is 5.00. The molecule has 0 heterocycles. The van der Waals surface area contributed by atoms with Gasteiger partial charge in [0.2, 0.25) is 0 Å². The van der Waals surface area contributed by atoms with Gasteiger partial charge in [0.05, 0.1) is 3.72 Å². The molecule has 0 saturated heterocycles. The van der Waals surface area contributed by atoms with E-state index in [0.29, 0.717) is 9.64 Å². The summed E-state index contributed by atoms with van der Waals surface area (Å²) >= 11 is 2.04. The minimum atomic E-state index is 0.423. The highest BCUT2D eigenvalue weighted by Crippen LogP contribution is 2.17. The van der Waals surface area contributed by atoms with Gasteiger partial charge in [-0.2, -0.15) is 0 Å². The molecule has 11 heavy (non-hydrogen) atoms. The number of hydrogen-bond acceptors (Lipinski definition) is 2. The molecule has 0 radical (unpaired) electrons. The molecule has 0 bridgehead atoms. The van der Waals surface area contributed by atoms with Crippen LogP contribution in [-0.2, 0) is 0 Å². The van der Waals surface area contributed by atoms with Crippen molar-refractivity contribution in [3.05, 3.63) is 11.3 Å². The average Bonchev–Trinajstić information content (AvgIpc) is 1.85. The Kier molecular flexibility index (Phi) is 4.72. The van der Waals surface area contributed by atoms with Crippen LogP contribution < -0.4 is 5.32 Å². The molecule has 3 heteroatoms. The molecule has 0 aromatic carbocycles. The van der Waals surface area contributed by atoms with E-state index in [-0.39, 0.29) is 0 Å². The van der Waals surface area contributed by atoms with E-state index in [2.05, 4.69) is 19.2 Å². The van der Waals surface area contributed by atoms with Crippen LogP contribution in [0.4, 0.5) is 0 Å². The summed E-state index contributed by atoms with van der Waals surface area (Å²) in [6.07, 6.45) is 0. The molecule has 0 atom stereocenters. The van der Waals surface area contributed by atoms with Crippen molar-refractivity contribution in [2.75, 3.05) is 7.05 Å². The van der Waals surface area contributed by atoms with Crippen LogP contribution in [0.5, 0.6) is 0 Å². The highest BCUT2D eigenvalue weighted by molar-refractivity contribution is 14.1. The summed E-state index contributed by atoms with van der Waals surface area (Å²) in [5, 5.41) is 10.6. The lowest BCUT2D eigenvalue weighted by Crippen LogP contribution is -2.12. The molecule has 0 unspecified atom stereocenters. The van der Waals surface area contributed by atoms with Crippen molar-refractivity contribution in [3.63, 3.8) is 0 Å². The first-order valence-electron chi connectivity index (χ1n) is 3.63. The zero-order chi connectivity index (χ0) is 9.02. The van der Waals surface area contributed by atoms with Gasteiger partial charge in [-0.1, -0.05) is 13.8 Å². The molecular weight excluding hydrogens is 251 g/mol. The summed E-state index contributed by atoms with van der Waals surface area (Å²) in [7, 11) is 1.89. The van der Waals surface area contributed by atoms with Crippen molar-refractivity contribution < 1.29 is 0 Å². The van der Waals surface area contributed by atoms with Crippen LogP contribution >= 0.6 is 22.6 Å². The molecule has 0 fully saturated rings. The third kappa shape index (κ3) is 3.22. The summed E-state index contributed by atoms with van der Waals surface area (Å²) in [5.74, 6) is 0.423. The van der Waals surface area contributed by atoms with Gasteiger partial charge in [-0.3, -0.25) is 5.41 Å². The van der Waals surface area contributed by atoms with Crippen molar-refractivity contribution in [1.29, 1.82) is 5.41 Å². The molecular formula is C8H15IN2. The third-order valence-electron chi connectivity index (χ3n) is 1.59. The van der Waals surface area contributed by atoms with Crippen molar-refractivity contribution in [1.82, 2.24) is 5.32 Å². The Labute approximate surface area is 82.1 Å². The minimum Gasteiger partial charge on any atom is -0.391 e. The van der Waals surface area contributed by atoms with Gasteiger partial charge in [-0.05, 0) is 35.4 Å². The Morgan fingerprint density at radius 2 is 1.91 bits per heavy atom. The highest BCUT2D eigenvalue weighted by atomic mass is 127. The molecule has 0 rings (SSSR count). The topological polar surface area (TPSA) is 35.9 Å². The van der Waals surface area contributed by atoms with Crippen molar-refractivity contribution in [2.24, 2.45) is 5.92 Å². The van der Waals surface area contributed by atoms with Crippen LogP contribution in [0.2, 0.25) is 0 Å². The van der Waals surface area contributed by atoms with E-state index < -0.39 is 0 Å². The molecule has 0 aliphatic rings. The second-order valence-corrected chi connectivity index (χ2v) is 3.84. The summed E-state index contributed by atoms with van der Waals surface area (Å²) in [6.45, 7) is 6.20. The van der Waals surface area contributed by atoms with Gasteiger partial charge < -0.3 is 5.32 Å². The third-order valence-corrected chi connectivity index (χ3v) is 2.17. The molecule has 2 nitrogen and oxygen atoms in total. The minimum absolute atomic E-state index is 0.423. The second-order valence-electron chi connectivity index (χ2n) is 2.76. The first kappa shape index (κ1) is 10.9. The molecule has 0 aromatic rings. The summed E-state index contributed by atoms with van der Waals surface area (Å²) in [5.41, 5.74) is 2.20. The fraction of sp³-hybridized carbons (Fsp3) is 0.625. The van der Waals surface area contributed by atoms with Gasteiger partial charge in [0.15, 0.2) is 0 Å². The Morgan fingerprint density at radius 1 is 1.45 bits per heavy atom. The van der Waals surface area contributed by atoms with E-state index >= 15 is 0 Å². The number of allylic oxidation sites excluding steroid dienone is 2. The molecule has 64 valence electrons. The SMILES string of the molecule is CN/C(C)=C(\C(=N)I)C(C)C. The summed E-state index contributed by atoms with van der Waals surface area (Å²) < 4.78 is 0.629. The average molecular weight is 266 g/mol. The fourth-order valence-electron chi connectivity index (χ4n) is 0.986. The zero-order valence-corrected chi connectivity index (χ0v) is 9.61. The molecule has 0 aromatic heterocycles. The van der Waals surface area contributed by atoms with Crippen molar-refractivity contribution in [3.8, 4) is 0 Å². The number of hydrogen-bond donors (Lipinski definition) is 2. The lowest BCUT2D eigenvalue weighted by Gasteiger charge is -2.12. The van der Waals surface area contributed by atoms with Crippen LogP contribution in [0.15, 0.2) is 11.3 Å². The van der Waals surface area contributed by atoms with Crippen molar-refractivity contribution >= 4 is 26.3 Å². The normalized spacial score (nSPS) is 12.9. The van der Waals surface area contributed by atoms with Crippen LogP contribution in [0.25, 0.3) is 0 Å². The Balaban J connectivity index is 4.73. The largest absolute Gasteiger partial charge is 0.391 e. The Hall–Kier alpha value is -0.0600. The monoisotopic (exact) mass is 266 g/mol. The maximum atomic E-state index is 7.50. The smallest absolute Gasteiger partial charge is 0.0971 e. The molecule has 2 N–H and O–H groups in total. The quantitative estimate of drug-likeness (QED) is 0.597. The zero-order valence-electron chi connectivity index (χ0n) is 7.46. The van der Waals surface area contributed by atoms with E-state index in [0.717, 1.165) is 11.3 Å². The standard InChI is InChI=1S/C8H15IN2/c1-5(2)7(8(9)10)6(3)11-4/h5,10-11H,1-4H3/b7-6-,10-8?. The Bertz CT molecular complexity index is 183. The molecule has 0 aliphatic carbocycles. The lowest BCUT2D eigenvalue weighted by atomic mass is 10.0. The predicted molar refractivity (Wildman–Crippen MR) is 58.3 cm³/mol. The van der Waals surface area contributed by atoms with Gasteiger partial charge in [0.25, 0.3) is 0 Å². The van der Waals surface area contributed by atoms with Crippen molar-refractivity contribution in [2.45, 2.75) is 20.8 Å². The number of rotatable bonds is 3. The van der Waals surface area contributed by atoms with E-state index in [1.54, 1.807) is 0 Å². The van der Waals surface area contributed by atoms with Crippen LogP contribution in [0.3, 0.4) is 0 Å². The van der Waals surface area contributed by atoms with Gasteiger partial charge in [0.1, 0.15) is 0 Å². The molecule has 0 spiro atoms. The van der Waals surface area contributed by atoms with E-state index in [1.807, 2.05) is 36.6 Å². The second kappa shape index (κ2) is 4.74. The van der Waals surface area contributed by atoms with Gasteiger partial charge in [0, 0.05) is 18.3 Å². The maximum Gasteiger partial charge on any atom is 0.0971 e. The number of nitrogens with one attached hydrogen (secondary N) is 2. The van der Waals surface area contributed by atoms with E-state index in [1.165, 1.54) is 0 Å². The van der Waals surface area contributed by atoms with Gasteiger partial charge >= 0.3 is 0 Å². The van der Waals surface area contributed by atoms with E-state index in [4.69, 9.17) is 5.41 Å². The molecule has 0 amide bonds. The Morgan fingerprint density at radius 3 is 2.00 bits per heavy atom. The van der Waals surface area contributed by atoms with Gasteiger partial charge in [-0.15, -0.1) is 0 Å². The summed E-state index contributed by atoms with van der Waals surface area (Å²) in [6, 6.07) is 0. The predicted octanol–water partition coefficient (Wildman–Crippen LogP) is 2.55. The van der Waals surface area contributed by atoms with Crippen LogP contribution in [-0.4, -0.2) is 10.8 Å². The first-order valence-corrected chi connectivity index (χ1v) is 4.71. The van der Waals surface area contributed by atoms with Crippen LogP contribution in [0, 0.1) is 11.3 Å². The van der Waals surface area contributed by atoms with Gasteiger partial charge in [-0.25, -0.2) is 0 Å². The number of halogens is 1. The summed E-state index contributed by atoms with van der Waals surface area (Å²) in [4.78, 5) is 0. The molecule has 0 aliphatic heterocycles. The molecule has 0 saturated carbocycles. The highest BCUT2D eigenvalue weighted by Gasteiger charge is 2.09. The lowest BCUT2D eigenvalue weighted by molar-refractivity contribution is 0.774. The maximum absolute atomic E-state index is 7.50. The van der Waals surface area contributed by atoms with Crippen LogP contribution in [0.1, 0.15) is 20.8 Å². The fourth-order valence-corrected chi connectivity index (χ4v) is 2.01.